The van der Waals surface area contributed by atoms with Gasteiger partial charge in [-0.3, -0.25) is 4.79 Å². The van der Waals surface area contributed by atoms with E-state index in [9.17, 15) is 9.90 Å². The maximum Gasteiger partial charge on any atom is 0.239 e. The molecule has 2 saturated heterocycles. The maximum atomic E-state index is 12.4. The molecule has 0 bridgehead atoms. The molecule has 0 spiro atoms. The molecule has 0 unspecified atom stereocenters. The summed E-state index contributed by atoms with van der Waals surface area (Å²) in [4.78, 5) is 16.6. The highest BCUT2D eigenvalue weighted by atomic mass is 16.5. The second-order valence-corrected chi connectivity index (χ2v) is 5.86. The highest BCUT2D eigenvalue weighted by Gasteiger charge is 2.32. The van der Waals surface area contributed by atoms with Gasteiger partial charge in [-0.1, -0.05) is 6.07 Å². The molecule has 1 aromatic rings. The van der Waals surface area contributed by atoms with Gasteiger partial charge in [-0.25, -0.2) is 0 Å². The molecule has 120 valence electrons. The minimum Gasteiger partial charge on any atom is -0.497 e. The summed E-state index contributed by atoms with van der Waals surface area (Å²) in [6.07, 6.45) is 0.126. The molecule has 0 aliphatic carbocycles. The third-order valence-corrected chi connectivity index (χ3v) is 4.42. The van der Waals surface area contributed by atoms with E-state index in [0.717, 1.165) is 24.5 Å². The first-order valence-electron chi connectivity index (χ1n) is 7.76. The van der Waals surface area contributed by atoms with Crippen molar-refractivity contribution >= 4 is 11.6 Å². The van der Waals surface area contributed by atoms with Crippen molar-refractivity contribution in [1.82, 2.24) is 10.2 Å². The first-order chi connectivity index (χ1) is 10.7. The zero-order valence-electron chi connectivity index (χ0n) is 12.9. The lowest BCUT2D eigenvalue weighted by molar-refractivity contribution is -0.133. The third kappa shape index (κ3) is 3.18. The van der Waals surface area contributed by atoms with Crippen molar-refractivity contribution in [2.75, 3.05) is 44.7 Å². The number of hydrogen-bond donors (Lipinski definition) is 2. The monoisotopic (exact) mass is 305 g/mol. The van der Waals surface area contributed by atoms with Crippen molar-refractivity contribution in [3.63, 3.8) is 0 Å². The number of carbonyl (C=O) groups is 1. The lowest BCUT2D eigenvalue weighted by Crippen LogP contribution is -2.53. The van der Waals surface area contributed by atoms with E-state index in [0.29, 0.717) is 26.1 Å². The van der Waals surface area contributed by atoms with E-state index in [2.05, 4.69) is 16.3 Å². The Morgan fingerprint density at radius 1 is 1.32 bits per heavy atom. The Bertz CT molecular complexity index is 529. The normalized spacial score (nSPS) is 25.4. The van der Waals surface area contributed by atoms with Gasteiger partial charge in [0.2, 0.25) is 5.91 Å². The summed E-state index contributed by atoms with van der Waals surface area (Å²) < 4.78 is 5.26. The molecule has 0 aromatic heterocycles. The lowest BCUT2D eigenvalue weighted by Gasteiger charge is -2.37. The van der Waals surface area contributed by atoms with Crippen LogP contribution in [0.3, 0.4) is 0 Å². The second kappa shape index (κ2) is 6.54. The Morgan fingerprint density at radius 2 is 2.09 bits per heavy atom. The predicted molar refractivity (Wildman–Crippen MR) is 84.2 cm³/mol. The highest BCUT2D eigenvalue weighted by Crippen LogP contribution is 2.22. The zero-order valence-corrected chi connectivity index (χ0v) is 12.9. The van der Waals surface area contributed by atoms with Crippen molar-refractivity contribution in [1.29, 1.82) is 0 Å². The fourth-order valence-corrected chi connectivity index (χ4v) is 3.12. The molecule has 22 heavy (non-hydrogen) atoms. The standard InChI is InChI=1S/C16H23N3O3/c1-22-14-4-2-3-12(9-14)18-5-7-19(8-6-18)16(21)15-10-13(20)11-17-15/h2-4,9,13,15,17,20H,5-8,10-11H2,1H3/t13-,15+/m0/s1. The van der Waals surface area contributed by atoms with Gasteiger partial charge in [0.1, 0.15) is 5.75 Å². The Hall–Kier alpha value is -1.79. The quantitative estimate of drug-likeness (QED) is 0.827. The van der Waals surface area contributed by atoms with Gasteiger partial charge in [-0.05, 0) is 18.6 Å². The van der Waals surface area contributed by atoms with Crippen molar-refractivity contribution < 1.29 is 14.6 Å². The number of methoxy groups -OCH3 is 1. The van der Waals surface area contributed by atoms with Crippen LogP contribution in [0.15, 0.2) is 24.3 Å². The molecule has 2 aliphatic rings. The number of β-amino-alcohol motifs (C(OH)–C–C–N with tert-alkyl or cyclic N) is 1. The lowest BCUT2D eigenvalue weighted by atomic mass is 10.1. The molecule has 1 amide bonds. The molecule has 0 radical (unpaired) electrons. The summed E-state index contributed by atoms with van der Waals surface area (Å²) >= 11 is 0. The zero-order chi connectivity index (χ0) is 15.5. The minimum atomic E-state index is -0.396. The van der Waals surface area contributed by atoms with Crippen LogP contribution in [0.2, 0.25) is 0 Å². The summed E-state index contributed by atoms with van der Waals surface area (Å²) in [5.74, 6) is 0.960. The van der Waals surface area contributed by atoms with Crippen LogP contribution in [-0.4, -0.2) is 67.9 Å². The van der Waals surface area contributed by atoms with Crippen molar-refractivity contribution in [3.8, 4) is 5.75 Å². The number of nitrogens with zero attached hydrogens (tertiary/aromatic N) is 2. The molecule has 1 aromatic carbocycles. The van der Waals surface area contributed by atoms with Crippen molar-refractivity contribution in [2.24, 2.45) is 0 Å². The molecular weight excluding hydrogens is 282 g/mol. The van der Waals surface area contributed by atoms with Gasteiger partial charge in [0.15, 0.2) is 0 Å². The average molecular weight is 305 g/mol. The predicted octanol–water partition coefficient (Wildman–Crippen LogP) is 0.0666. The number of amides is 1. The average Bonchev–Trinajstić information content (AvgIpc) is 3.01. The number of hydrogen-bond acceptors (Lipinski definition) is 5. The largest absolute Gasteiger partial charge is 0.497 e. The summed E-state index contributed by atoms with van der Waals surface area (Å²) in [6, 6.07) is 7.77. The molecular formula is C16H23N3O3. The van der Waals surface area contributed by atoms with Gasteiger partial charge < -0.3 is 25.0 Å². The fraction of sp³-hybridized carbons (Fsp3) is 0.562. The van der Waals surface area contributed by atoms with E-state index in [1.54, 1.807) is 7.11 Å². The molecule has 6 nitrogen and oxygen atoms in total. The molecule has 3 rings (SSSR count). The van der Waals surface area contributed by atoms with Crippen LogP contribution in [0.25, 0.3) is 0 Å². The maximum absolute atomic E-state index is 12.4. The van der Waals surface area contributed by atoms with Crippen LogP contribution in [0, 0.1) is 0 Å². The summed E-state index contributed by atoms with van der Waals surface area (Å²) in [5.41, 5.74) is 1.13. The van der Waals surface area contributed by atoms with E-state index >= 15 is 0 Å². The van der Waals surface area contributed by atoms with E-state index < -0.39 is 6.10 Å². The van der Waals surface area contributed by atoms with Crippen LogP contribution >= 0.6 is 0 Å². The number of ether oxygens (including phenoxy) is 1. The Kier molecular flexibility index (Phi) is 4.49. The number of rotatable bonds is 3. The van der Waals surface area contributed by atoms with E-state index in [1.165, 1.54) is 0 Å². The first-order valence-corrected chi connectivity index (χ1v) is 7.76. The number of piperazine rings is 1. The number of carbonyl (C=O) groups excluding carboxylic acids is 1. The number of nitrogens with one attached hydrogen (secondary N) is 1. The van der Waals surface area contributed by atoms with Gasteiger partial charge >= 0.3 is 0 Å². The molecule has 2 atom stereocenters. The van der Waals surface area contributed by atoms with Gasteiger partial charge in [-0.15, -0.1) is 0 Å². The summed E-state index contributed by atoms with van der Waals surface area (Å²) in [7, 11) is 1.67. The van der Waals surface area contributed by atoms with Gasteiger partial charge in [0.05, 0.1) is 19.3 Å². The van der Waals surface area contributed by atoms with Gasteiger partial charge in [-0.2, -0.15) is 0 Å². The van der Waals surface area contributed by atoms with Crippen LogP contribution in [0.5, 0.6) is 5.75 Å². The summed E-state index contributed by atoms with van der Waals surface area (Å²) in [5, 5.41) is 12.6. The van der Waals surface area contributed by atoms with E-state index in [-0.39, 0.29) is 11.9 Å². The molecule has 2 aliphatic heterocycles. The Labute approximate surface area is 130 Å². The van der Waals surface area contributed by atoms with Crippen LogP contribution in [0.1, 0.15) is 6.42 Å². The molecule has 2 fully saturated rings. The molecule has 2 heterocycles. The van der Waals surface area contributed by atoms with Crippen molar-refractivity contribution in [2.45, 2.75) is 18.6 Å². The second-order valence-electron chi connectivity index (χ2n) is 5.86. The molecule has 2 N–H and O–H groups in total. The number of aliphatic hydroxyl groups is 1. The Morgan fingerprint density at radius 3 is 2.73 bits per heavy atom. The smallest absolute Gasteiger partial charge is 0.239 e. The van der Waals surface area contributed by atoms with E-state index in [1.807, 2.05) is 23.1 Å². The SMILES string of the molecule is COc1cccc(N2CCN(C(=O)[C@H]3C[C@H](O)CN3)CC2)c1. The Balaban J connectivity index is 1.56. The first kappa shape index (κ1) is 15.1. The topological polar surface area (TPSA) is 65.0 Å². The van der Waals surface area contributed by atoms with Crippen LogP contribution in [-0.2, 0) is 4.79 Å². The van der Waals surface area contributed by atoms with Gasteiger partial charge in [0.25, 0.3) is 0 Å². The van der Waals surface area contributed by atoms with E-state index in [4.69, 9.17) is 4.74 Å². The van der Waals surface area contributed by atoms with Crippen LogP contribution in [0.4, 0.5) is 5.69 Å². The van der Waals surface area contributed by atoms with Gasteiger partial charge in [0, 0.05) is 44.5 Å². The highest BCUT2D eigenvalue weighted by molar-refractivity contribution is 5.82. The number of aliphatic hydroxyl groups excluding tert-OH is 1. The third-order valence-electron chi connectivity index (χ3n) is 4.42. The summed E-state index contributed by atoms with van der Waals surface area (Å²) in [6.45, 7) is 3.57. The molecule has 0 saturated carbocycles. The van der Waals surface area contributed by atoms with Crippen molar-refractivity contribution in [3.05, 3.63) is 24.3 Å². The van der Waals surface area contributed by atoms with Crippen LogP contribution < -0.4 is 15.0 Å². The fourth-order valence-electron chi connectivity index (χ4n) is 3.12. The minimum absolute atomic E-state index is 0.113. The number of anilines is 1. The number of benzene rings is 1. The molecule has 6 heteroatoms.